The second kappa shape index (κ2) is 5.54. The van der Waals surface area contributed by atoms with Crippen LogP contribution in [0.5, 0.6) is 0 Å². The van der Waals surface area contributed by atoms with Crippen LogP contribution in [0.1, 0.15) is 36.8 Å². The number of fused-ring (bicyclic) bond motifs is 1. The number of aromatic nitrogens is 3. The van der Waals surface area contributed by atoms with Crippen LogP contribution in [-0.4, -0.2) is 21.1 Å². The van der Waals surface area contributed by atoms with Crippen molar-refractivity contribution in [3.05, 3.63) is 54.0 Å². The van der Waals surface area contributed by atoms with E-state index in [4.69, 9.17) is 9.72 Å². The third-order valence-corrected chi connectivity index (χ3v) is 4.17. The first-order valence-corrected chi connectivity index (χ1v) is 7.85. The minimum Gasteiger partial charge on any atom is -0.370 e. The summed E-state index contributed by atoms with van der Waals surface area (Å²) < 4.78 is 8.13. The summed E-state index contributed by atoms with van der Waals surface area (Å²) >= 11 is 0. The van der Waals surface area contributed by atoms with E-state index in [9.17, 15) is 0 Å². The van der Waals surface area contributed by atoms with Crippen molar-refractivity contribution in [1.29, 1.82) is 0 Å². The minimum atomic E-state index is 0.0588. The molecule has 0 spiro atoms. The summed E-state index contributed by atoms with van der Waals surface area (Å²) in [5.41, 5.74) is 4.15. The smallest absolute Gasteiger partial charge is 0.164 e. The summed E-state index contributed by atoms with van der Waals surface area (Å²) in [6.45, 7) is 2.92. The summed E-state index contributed by atoms with van der Waals surface area (Å²) in [6, 6.07) is 12.4. The van der Waals surface area contributed by atoms with Crippen LogP contribution in [0, 0.1) is 6.92 Å². The maximum absolute atomic E-state index is 5.97. The highest BCUT2D eigenvalue weighted by Gasteiger charge is 2.24. The number of aryl methyl sites for hydroxylation is 1. The van der Waals surface area contributed by atoms with Gasteiger partial charge in [0, 0.05) is 18.5 Å². The zero-order chi connectivity index (χ0) is 14.9. The molecule has 0 amide bonds. The average Bonchev–Trinajstić information content (AvgIpc) is 2.95. The molecule has 1 aromatic carbocycles. The van der Waals surface area contributed by atoms with Crippen LogP contribution >= 0.6 is 0 Å². The van der Waals surface area contributed by atoms with E-state index in [1.807, 2.05) is 18.3 Å². The predicted octanol–water partition coefficient (Wildman–Crippen LogP) is 3.97. The van der Waals surface area contributed by atoms with Crippen molar-refractivity contribution in [1.82, 2.24) is 14.5 Å². The van der Waals surface area contributed by atoms with Crippen molar-refractivity contribution in [3.63, 3.8) is 0 Å². The third kappa shape index (κ3) is 2.29. The molecular formula is C18H19N3O. The Bertz CT molecular complexity index is 803. The Morgan fingerprint density at radius 3 is 2.95 bits per heavy atom. The van der Waals surface area contributed by atoms with Crippen LogP contribution in [0.3, 0.4) is 0 Å². The van der Waals surface area contributed by atoms with Crippen molar-refractivity contribution in [2.24, 2.45) is 0 Å². The molecule has 3 aromatic rings. The van der Waals surface area contributed by atoms with Gasteiger partial charge in [-0.3, -0.25) is 4.57 Å². The number of benzene rings is 1. The number of pyridine rings is 1. The highest BCUT2D eigenvalue weighted by Crippen LogP contribution is 2.31. The van der Waals surface area contributed by atoms with Gasteiger partial charge < -0.3 is 4.74 Å². The standard InChI is InChI=1S/C18H19N3O/c1-13-6-4-7-14(12-13)21-17-15(8-5-10-19-17)20-18(21)16-9-2-3-11-22-16/h4-8,10,12,16H,2-3,9,11H2,1H3. The molecule has 1 aliphatic rings. The van der Waals surface area contributed by atoms with Crippen LogP contribution in [0.4, 0.5) is 0 Å². The van der Waals surface area contributed by atoms with Crippen molar-refractivity contribution < 1.29 is 4.74 Å². The molecule has 4 rings (SSSR count). The summed E-state index contributed by atoms with van der Waals surface area (Å²) in [4.78, 5) is 9.37. The lowest BCUT2D eigenvalue weighted by molar-refractivity contribution is 0.00886. The molecule has 112 valence electrons. The lowest BCUT2D eigenvalue weighted by atomic mass is 10.1. The van der Waals surface area contributed by atoms with E-state index in [2.05, 4.69) is 40.7 Å². The molecule has 0 saturated carbocycles. The van der Waals surface area contributed by atoms with Crippen molar-refractivity contribution in [2.45, 2.75) is 32.3 Å². The van der Waals surface area contributed by atoms with Gasteiger partial charge in [-0.05, 0) is 56.0 Å². The molecule has 1 unspecified atom stereocenters. The van der Waals surface area contributed by atoms with E-state index in [0.29, 0.717) is 0 Å². The van der Waals surface area contributed by atoms with E-state index in [0.717, 1.165) is 42.1 Å². The highest BCUT2D eigenvalue weighted by molar-refractivity contribution is 5.74. The number of imidazole rings is 1. The van der Waals surface area contributed by atoms with E-state index >= 15 is 0 Å². The molecule has 2 aromatic heterocycles. The molecule has 1 saturated heterocycles. The van der Waals surface area contributed by atoms with Crippen molar-refractivity contribution in [3.8, 4) is 5.69 Å². The first-order valence-electron chi connectivity index (χ1n) is 7.85. The molecule has 1 fully saturated rings. The molecule has 1 atom stereocenters. The number of rotatable bonds is 2. The van der Waals surface area contributed by atoms with Gasteiger partial charge in [-0.1, -0.05) is 12.1 Å². The monoisotopic (exact) mass is 293 g/mol. The fourth-order valence-corrected chi connectivity index (χ4v) is 3.11. The average molecular weight is 293 g/mol. The molecule has 4 heteroatoms. The van der Waals surface area contributed by atoms with Crippen LogP contribution in [-0.2, 0) is 4.74 Å². The van der Waals surface area contributed by atoms with Gasteiger partial charge in [0.25, 0.3) is 0 Å². The Hall–Kier alpha value is -2.20. The van der Waals surface area contributed by atoms with E-state index < -0.39 is 0 Å². The fourth-order valence-electron chi connectivity index (χ4n) is 3.11. The highest BCUT2D eigenvalue weighted by atomic mass is 16.5. The number of hydrogen-bond donors (Lipinski definition) is 0. The minimum absolute atomic E-state index is 0.0588. The van der Waals surface area contributed by atoms with Gasteiger partial charge >= 0.3 is 0 Å². The number of hydrogen-bond acceptors (Lipinski definition) is 3. The molecule has 0 N–H and O–H groups in total. The van der Waals surface area contributed by atoms with Gasteiger partial charge in [-0.25, -0.2) is 9.97 Å². The lowest BCUT2D eigenvalue weighted by Crippen LogP contribution is -2.16. The largest absolute Gasteiger partial charge is 0.370 e. The van der Waals surface area contributed by atoms with Crippen molar-refractivity contribution in [2.75, 3.05) is 6.61 Å². The molecule has 0 bridgehead atoms. The lowest BCUT2D eigenvalue weighted by Gasteiger charge is -2.23. The van der Waals surface area contributed by atoms with Gasteiger partial charge in [0.05, 0.1) is 0 Å². The normalized spacial score (nSPS) is 18.7. The molecule has 4 nitrogen and oxygen atoms in total. The second-order valence-corrected chi connectivity index (χ2v) is 5.85. The summed E-state index contributed by atoms with van der Waals surface area (Å²) in [7, 11) is 0. The van der Waals surface area contributed by atoms with Gasteiger partial charge in [0.1, 0.15) is 17.4 Å². The second-order valence-electron chi connectivity index (χ2n) is 5.85. The van der Waals surface area contributed by atoms with Gasteiger partial charge in [-0.15, -0.1) is 0 Å². The Labute approximate surface area is 129 Å². The summed E-state index contributed by atoms with van der Waals surface area (Å²) in [5, 5.41) is 0. The SMILES string of the molecule is Cc1cccc(-n2c(C3CCCCO3)nc3cccnc32)c1. The molecular weight excluding hydrogens is 274 g/mol. The Morgan fingerprint density at radius 1 is 1.18 bits per heavy atom. The number of ether oxygens (including phenoxy) is 1. The third-order valence-electron chi connectivity index (χ3n) is 4.17. The fraction of sp³-hybridized carbons (Fsp3) is 0.333. The predicted molar refractivity (Wildman–Crippen MR) is 86.1 cm³/mol. The van der Waals surface area contributed by atoms with Crippen LogP contribution in [0.15, 0.2) is 42.6 Å². The molecule has 0 radical (unpaired) electrons. The van der Waals surface area contributed by atoms with E-state index in [-0.39, 0.29) is 6.10 Å². The quantitative estimate of drug-likeness (QED) is 0.717. The first kappa shape index (κ1) is 13.5. The topological polar surface area (TPSA) is 39.9 Å². The van der Waals surface area contributed by atoms with E-state index in [1.54, 1.807) is 0 Å². The molecule has 3 heterocycles. The first-order chi connectivity index (χ1) is 10.8. The Balaban J connectivity index is 1.93. The Kier molecular flexibility index (Phi) is 3.39. The van der Waals surface area contributed by atoms with Gasteiger partial charge in [0.2, 0.25) is 0 Å². The van der Waals surface area contributed by atoms with Crippen LogP contribution in [0.25, 0.3) is 16.9 Å². The van der Waals surface area contributed by atoms with E-state index in [1.165, 1.54) is 12.0 Å². The zero-order valence-corrected chi connectivity index (χ0v) is 12.7. The molecule has 22 heavy (non-hydrogen) atoms. The maximum atomic E-state index is 5.97. The summed E-state index contributed by atoms with van der Waals surface area (Å²) in [6.07, 6.45) is 5.23. The van der Waals surface area contributed by atoms with Crippen molar-refractivity contribution >= 4 is 11.2 Å². The molecule has 1 aliphatic heterocycles. The zero-order valence-electron chi connectivity index (χ0n) is 12.7. The maximum Gasteiger partial charge on any atom is 0.164 e. The van der Waals surface area contributed by atoms with Crippen LogP contribution < -0.4 is 0 Å². The number of nitrogens with zero attached hydrogens (tertiary/aromatic N) is 3. The van der Waals surface area contributed by atoms with Crippen LogP contribution in [0.2, 0.25) is 0 Å². The van der Waals surface area contributed by atoms with Gasteiger partial charge in [0.15, 0.2) is 5.65 Å². The molecule has 0 aliphatic carbocycles. The summed E-state index contributed by atoms with van der Waals surface area (Å²) in [5.74, 6) is 0.971. The Morgan fingerprint density at radius 2 is 2.14 bits per heavy atom. The van der Waals surface area contributed by atoms with Gasteiger partial charge in [-0.2, -0.15) is 0 Å².